The van der Waals surface area contributed by atoms with E-state index >= 15 is 0 Å². The van der Waals surface area contributed by atoms with Crippen molar-refractivity contribution in [3.8, 4) is 0 Å². The topological polar surface area (TPSA) is 80.9 Å². The molecule has 13 heavy (non-hydrogen) atoms. The molecule has 0 aliphatic carbocycles. The van der Waals surface area contributed by atoms with Gasteiger partial charge in [-0.15, -0.1) is 0 Å². The summed E-state index contributed by atoms with van der Waals surface area (Å²) >= 11 is 0. The van der Waals surface area contributed by atoms with E-state index in [-0.39, 0.29) is 13.2 Å². The second kappa shape index (κ2) is 8.44. The lowest BCUT2D eigenvalue weighted by Gasteiger charge is -2.17. The third-order valence-electron chi connectivity index (χ3n) is 1.11. The second-order valence-electron chi connectivity index (χ2n) is 3.67. The Kier molecular flexibility index (Phi) is 9.94. The Balaban J connectivity index is 0. The Morgan fingerprint density at radius 2 is 1.54 bits per heavy atom. The molecule has 4 N–H and O–H groups in total. The van der Waals surface area contributed by atoms with Gasteiger partial charge < -0.3 is 20.4 Å². The Labute approximate surface area is 79.8 Å². The first-order valence-electron chi connectivity index (χ1n) is 4.45. The van der Waals surface area contributed by atoms with E-state index in [0.717, 1.165) is 0 Å². The van der Waals surface area contributed by atoms with Gasteiger partial charge in [-0.05, 0) is 27.2 Å². The number of rotatable bonds is 4. The van der Waals surface area contributed by atoms with Gasteiger partial charge in [-0.1, -0.05) is 0 Å². The number of hydrogen-bond acceptors (Lipinski definition) is 4. The Hall–Kier alpha value is -0.160. The van der Waals surface area contributed by atoms with Crippen LogP contribution in [0.1, 0.15) is 33.6 Å². The van der Waals surface area contributed by atoms with Crippen LogP contribution < -0.4 is 0 Å². The molecule has 0 bridgehead atoms. The van der Waals surface area contributed by atoms with E-state index in [0.29, 0.717) is 12.8 Å². The van der Waals surface area contributed by atoms with Gasteiger partial charge in [0, 0.05) is 19.6 Å². The first-order valence-corrected chi connectivity index (χ1v) is 4.45. The minimum absolute atomic E-state index is 0.0938. The first-order chi connectivity index (χ1) is 5.83. The second-order valence-corrected chi connectivity index (χ2v) is 3.67. The van der Waals surface area contributed by atoms with E-state index in [1.54, 1.807) is 20.8 Å². The summed E-state index contributed by atoms with van der Waals surface area (Å²) < 4.78 is 0. The summed E-state index contributed by atoms with van der Waals surface area (Å²) in [6, 6.07) is 0. The lowest BCUT2D eigenvalue weighted by molar-refractivity contribution is 0.0249. The minimum atomic E-state index is -0.728. The maximum Gasteiger partial charge on any atom is 0.0616 e. The molecular formula is C9H22O4. The van der Waals surface area contributed by atoms with Gasteiger partial charge in [0.05, 0.1) is 11.7 Å². The first kappa shape index (κ1) is 15.3. The quantitative estimate of drug-likeness (QED) is 0.503. The highest BCUT2D eigenvalue weighted by Crippen LogP contribution is 2.09. The SMILES string of the molecule is CC(O)CC(C)(C)O.OCCCO. The van der Waals surface area contributed by atoms with E-state index in [1.807, 2.05) is 0 Å². The van der Waals surface area contributed by atoms with Gasteiger partial charge in [0.2, 0.25) is 0 Å². The Bertz CT molecular complexity index is 94.3. The zero-order valence-corrected chi connectivity index (χ0v) is 8.69. The summed E-state index contributed by atoms with van der Waals surface area (Å²) in [7, 11) is 0. The average Bonchev–Trinajstić information content (AvgIpc) is 1.84. The van der Waals surface area contributed by atoms with Gasteiger partial charge in [-0.2, -0.15) is 0 Å². The molecule has 0 saturated carbocycles. The van der Waals surface area contributed by atoms with Crippen LogP contribution in [0.15, 0.2) is 0 Å². The Morgan fingerprint density at radius 3 is 1.54 bits per heavy atom. The number of hydrogen-bond donors (Lipinski definition) is 4. The average molecular weight is 194 g/mol. The molecule has 0 rings (SSSR count). The molecule has 1 unspecified atom stereocenters. The third-order valence-corrected chi connectivity index (χ3v) is 1.11. The van der Waals surface area contributed by atoms with Crippen LogP contribution in [0.5, 0.6) is 0 Å². The fourth-order valence-corrected chi connectivity index (χ4v) is 0.794. The predicted octanol–water partition coefficient (Wildman–Crippen LogP) is -0.111. The molecule has 0 fully saturated rings. The zero-order valence-electron chi connectivity index (χ0n) is 8.69. The maximum atomic E-state index is 9.03. The fraction of sp³-hybridized carbons (Fsp3) is 1.00. The summed E-state index contributed by atoms with van der Waals surface area (Å²) in [5, 5.41) is 33.6. The van der Waals surface area contributed by atoms with Crippen molar-refractivity contribution >= 4 is 0 Å². The lowest BCUT2D eigenvalue weighted by Crippen LogP contribution is -2.24. The molecule has 0 radical (unpaired) electrons. The molecular weight excluding hydrogens is 172 g/mol. The van der Waals surface area contributed by atoms with Crippen LogP contribution in [0.3, 0.4) is 0 Å². The molecule has 0 heterocycles. The molecule has 0 aromatic heterocycles. The molecule has 1 atom stereocenters. The Morgan fingerprint density at radius 1 is 1.15 bits per heavy atom. The van der Waals surface area contributed by atoms with Crippen molar-refractivity contribution < 1.29 is 20.4 Å². The standard InChI is InChI=1S/C6H14O2.C3H8O2/c1-5(7)4-6(2,3)8;4-2-1-3-5/h5,7-8H,4H2,1-3H3;4-5H,1-3H2. The van der Waals surface area contributed by atoms with Crippen LogP contribution in [0.25, 0.3) is 0 Å². The largest absolute Gasteiger partial charge is 0.396 e. The molecule has 0 aromatic carbocycles. The summed E-state index contributed by atoms with van der Waals surface area (Å²) in [6.07, 6.45) is 0.530. The summed E-state index contributed by atoms with van der Waals surface area (Å²) in [6.45, 7) is 5.21. The summed E-state index contributed by atoms with van der Waals surface area (Å²) in [4.78, 5) is 0. The highest BCUT2D eigenvalue weighted by Gasteiger charge is 2.14. The molecule has 0 aliphatic rings. The van der Waals surface area contributed by atoms with Crippen molar-refractivity contribution in [1.82, 2.24) is 0 Å². The molecule has 0 spiro atoms. The molecule has 82 valence electrons. The van der Waals surface area contributed by atoms with Crippen LogP contribution in [0.4, 0.5) is 0 Å². The zero-order chi connectivity index (χ0) is 10.9. The van der Waals surface area contributed by atoms with Gasteiger partial charge >= 0.3 is 0 Å². The normalized spacial score (nSPS) is 13.2. The number of aliphatic hydroxyl groups is 4. The van der Waals surface area contributed by atoms with Gasteiger partial charge in [0.25, 0.3) is 0 Å². The van der Waals surface area contributed by atoms with Gasteiger partial charge in [-0.3, -0.25) is 0 Å². The van der Waals surface area contributed by atoms with E-state index in [9.17, 15) is 0 Å². The van der Waals surface area contributed by atoms with Crippen molar-refractivity contribution in [3.63, 3.8) is 0 Å². The molecule has 0 aliphatic heterocycles. The summed E-state index contributed by atoms with van der Waals surface area (Å²) in [5.41, 5.74) is -0.728. The van der Waals surface area contributed by atoms with Crippen molar-refractivity contribution in [1.29, 1.82) is 0 Å². The molecule has 4 heteroatoms. The predicted molar refractivity (Wildman–Crippen MR) is 51.4 cm³/mol. The van der Waals surface area contributed by atoms with Crippen LogP contribution in [-0.2, 0) is 0 Å². The van der Waals surface area contributed by atoms with E-state index in [4.69, 9.17) is 20.4 Å². The number of aliphatic hydroxyl groups excluding tert-OH is 3. The van der Waals surface area contributed by atoms with Gasteiger partial charge in [0.15, 0.2) is 0 Å². The van der Waals surface area contributed by atoms with E-state index in [1.165, 1.54) is 0 Å². The third kappa shape index (κ3) is 24.5. The van der Waals surface area contributed by atoms with Gasteiger partial charge in [-0.25, -0.2) is 0 Å². The molecule has 0 aromatic rings. The van der Waals surface area contributed by atoms with Crippen molar-refractivity contribution in [2.24, 2.45) is 0 Å². The van der Waals surface area contributed by atoms with Crippen molar-refractivity contribution in [3.05, 3.63) is 0 Å². The fourth-order valence-electron chi connectivity index (χ4n) is 0.794. The van der Waals surface area contributed by atoms with E-state index in [2.05, 4.69) is 0 Å². The minimum Gasteiger partial charge on any atom is -0.396 e. The van der Waals surface area contributed by atoms with Gasteiger partial charge in [0.1, 0.15) is 0 Å². The highest BCUT2D eigenvalue weighted by molar-refractivity contribution is 4.67. The van der Waals surface area contributed by atoms with Crippen LogP contribution in [0, 0.1) is 0 Å². The monoisotopic (exact) mass is 194 g/mol. The van der Waals surface area contributed by atoms with E-state index < -0.39 is 11.7 Å². The highest BCUT2D eigenvalue weighted by atomic mass is 16.3. The van der Waals surface area contributed by atoms with Crippen molar-refractivity contribution in [2.45, 2.75) is 45.3 Å². The smallest absolute Gasteiger partial charge is 0.0616 e. The van der Waals surface area contributed by atoms with Crippen molar-refractivity contribution in [2.75, 3.05) is 13.2 Å². The maximum absolute atomic E-state index is 9.03. The molecule has 0 amide bonds. The molecule has 0 saturated heterocycles. The summed E-state index contributed by atoms with van der Waals surface area (Å²) in [5.74, 6) is 0. The lowest BCUT2D eigenvalue weighted by atomic mass is 10.0. The molecule has 4 nitrogen and oxygen atoms in total. The van der Waals surface area contributed by atoms with Crippen LogP contribution in [0.2, 0.25) is 0 Å². The van der Waals surface area contributed by atoms with Crippen LogP contribution in [-0.4, -0.2) is 45.3 Å². The van der Waals surface area contributed by atoms with Crippen LogP contribution >= 0.6 is 0 Å².